The van der Waals surface area contributed by atoms with Crippen molar-refractivity contribution in [1.29, 1.82) is 0 Å². The Bertz CT molecular complexity index is 551. The third kappa shape index (κ3) is 4.52. The van der Waals surface area contributed by atoms with Crippen LogP contribution in [0.4, 0.5) is 0 Å². The van der Waals surface area contributed by atoms with Crippen molar-refractivity contribution in [2.24, 2.45) is 0 Å². The highest BCUT2D eigenvalue weighted by atomic mass is 32.1. The third-order valence-corrected chi connectivity index (χ3v) is 4.31. The van der Waals surface area contributed by atoms with Crippen LogP contribution >= 0.6 is 11.3 Å². The molecule has 0 saturated carbocycles. The number of methoxy groups -OCH3 is 1. The lowest BCUT2D eigenvalue weighted by Gasteiger charge is -2.05. The number of ether oxygens (including phenoxy) is 2. The summed E-state index contributed by atoms with van der Waals surface area (Å²) in [6.07, 6.45) is 1.77. The van der Waals surface area contributed by atoms with Crippen molar-refractivity contribution >= 4 is 11.3 Å². The first kappa shape index (κ1) is 15.9. The van der Waals surface area contributed by atoms with Crippen LogP contribution in [0.15, 0.2) is 24.3 Å². The SMILES string of the molecule is CCc1ccc(OCCc2nc(COC)c(CO)s2)cc1. The Hall–Kier alpha value is -1.43. The van der Waals surface area contributed by atoms with Gasteiger partial charge < -0.3 is 14.6 Å². The average Bonchev–Trinajstić information content (AvgIpc) is 2.90. The van der Waals surface area contributed by atoms with Crippen molar-refractivity contribution in [2.75, 3.05) is 13.7 Å². The van der Waals surface area contributed by atoms with E-state index in [0.717, 1.165) is 34.2 Å². The molecule has 0 fully saturated rings. The number of nitrogens with zero attached hydrogens (tertiary/aromatic N) is 1. The normalized spacial score (nSPS) is 10.8. The molecule has 0 atom stereocenters. The Labute approximate surface area is 129 Å². The van der Waals surface area contributed by atoms with Crippen LogP contribution in [0.25, 0.3) is 0 Å². The van der Waals surface area contributed by atoms with Gasteiger partial charge in [-0.2, -0.15) is 0 Å². The molecule has 0 radical (unpaired) electrons. The van der Waals surface area contributed by atoms with E-state index < -0.39 is 0 Å². The van der Waals surface area contributed by atoms with E-state index in [1.165, 1.54) is 16.9 Å². The minimum atomic E-state index is 0.00962. The quantitative estimate of drug-likeness (QED) is 0.814. The molecule has 1 aromatic carbocycles. The zero-order chi connectivity index (χ0) is 15.1. The van der Waals surface area contributed by atoms with E-state index in [-0.39, 0.29) is 6.61 Å². The Kier molecular flexibility index (Phi) is 6.17. The number of aryl methyl sites for hydroxylation is 1. The summed E-state index contributed by atoms with van der Waals surface area (Å²) in [4.78, 5) is 5.36. The Morgan fingerprint density at radius 1 is 1.24 bits per heavy atom. The van der Waals surface area contributed by atoms with Crippen LogP contribution in [0, 0.1) is 0 Å². The maximum atomic E-state index is 9.29. The molecule has 0 aliphatic rings. The van der Waals surface area contributed by atoms with Gasteiger partial charge in [-0.1, -0.05) is 19.1 Å². The second kappa shape index (κ2) is 8.12. The monoisotopic (exact) mass is 307 g/mol. The van der Waals surface area contributed by atoms with E-state index in [9.17, 15) is 5.11 Å². The number of aromatic nitrogens is 1. The molecule has 0 spiro atoms. The van der Waals surface area contributed by atoms with Crippen LogP contribution in [0.3, 0.4) is 0 Å². The highest BCUT2D eigenvalue weighted by Gasteiger charge is 2.10. The minimum Gasteiger partial charge on any atom is -0.493 e. The van der Waals surface area contributed by atoms with E-state index in [2.05, 4.69) is 24.0 Å². The second-order valence-electron chi connectivity index (χ2n) is 4.66. The molecule has 21 heavy (non-hydrogen) atoms. The van der Waals surface area contributed by atoms with Crippen LogP contribution in [-0.4, -0.2) is 23.8 Å². The molecule has 0 unspecified atom stereocenters. The molecule has 1 heterocycles. The summed E-state index contributed by atoms with van der Waals surface area (Å²) in [7, 11) is 1.63. The first-order valence-corrected chi connectivity index (χ1v) is 7.87. The van der Waals surface area contributed by atoms with Gasteiger partial charge in [0.1, 0.15) is 5.75 Å². The lowest BCUT2D eigenvalue weighted by molar-refractivity contribution is 0.178. The fourth-order valence-corrected chi connectivity index (χ4v) is 2.91. The zero-order valence-corrected chi connectivity index (χ0v) is 13.3. The van der Waals surface area contributed by atoms with Gasteiger partial charge in [0, 0.05) is 13.5 Å². The first-order valence-electron chi connectivity index (χ1n) is 7.05. The van der Waals surface area contributed by atoms with Crippen LogP contribution in [0.5, 0.6) is 5.75 Å². The summed E-state index contributed by atoms with van der Waals surface area (Å²) in [5, 5.41) is 10.3. The summed E-state index contributed by atoms with van der Waals surface area (Å²) >= 11 is 1.52. The average molecular weight is 307 g/mol. The number of rotatable bonds is 8. The summed E-state index contributed by atoms with van der Waals surface area (Å²) in [5.74, 6) is 0.878. The zero-order valence-electron chi connectivity index (χ0n) is 12.5. The lowest BCUT2D eigenvalue weighted by atomic mass is 10.2. The maximum Gasteiger partial charge on any atom is 0.119 e. The van der Waals surface area contributed by atoms with Crippen LogP contribution in [0.2, 0.25) is 0 Å². The smallest absolute Gasteiger partial charge is 0.119 e. The first-order chi connectivity index (χ1) is 10.3. The molecule has 1 aromatic heterocycles. The van der Waals surface area contributed by atoms with Crippen LogP contribution in [0.1, 0.15) is 28.1 Å². The van der Waals surface area contributed by atoms with Gasteiger partial charge in [-0.05, 0) is 24.1 Å². The summed E-state index contributed by atoms with van der Waals surface area (Å²) in [6.45, 7) is 3.16. The molecule has 114 valence electrons. The van der Waals surface area contributed by atoms with Crippen molar-refractivity contribution in [1.82, 2.24) is 4.98 Å². The van der Waals surface area contributed by atoms with Gasteiger partial charge in [0.05, 0.1) is 35.4 Å². The molecule has 0 aliphatic heterocycles. The molecule has 0 amide bonds. The molecule has 1 N–H and O–H groups in total. The van der Waals surface area contributed by atoms with Crippen molar-refractivity contribution in [2.45, 2.75) is 33.0 Å². The Balaban J connectivity index is 1.87. The van der Waals surface area contributed by atoms with Crippen molar-refractivity contribution in [3.63, 3.8) is 0 Å². The number of hydrogen-bond acceptors (Lipinski definition) is 5. The fraction of sp³-hybridized carbons (Fsp3) is 0.438. The second-order valence-corrected chi connectivity index (χ2v) is 5.83. The van der Waals surface area contributed by atoms with E-state index in [4.69, 9.17) is 9.47 Å². The third-order valence-electron chi connectivity index (χ3n) is 3.16. The molecule has 2 rings (SSSR count). The molecule has 0 saturated heterocycles. The van der Waals surface area contributed by atoms with Gasteiger partial charge in [0.15, 0.2) is 0 Å². The standard InChI is InChI=1S/C16H21NO3S/c1-3-12-4-6-13(7-5-12)20-9-8-16-17-14(11-19-2)15(10-18)21-16/h4-7,18H,3,8-11H2,1-2H3. The molecule has 5 heteroatoms. The van der Waals surface area contributed by atoms with Crippen molar-refractivity contribution in [3.05, 3.63) is 45.4 Å². The highest BCUT2D eigenvalue weighted by molar-refractivity contribution is 7.11. The minimum absolute atomic E-state index is 0.00962. The largest absolute Gasteiger partial charge is 0.493 e. The van der Waals surface area contributed by atoms with Crippen molar-refractivity contribution < 1.29 is 14.6 Å². The number of hydrogen-bond donors (Lipinski definition) is 1. The molecule has 0 aliphatic carbocycles. The number of benzene rings is 1. The van der Waals surface area contributed by atoms with E-state index in [1.54, 1.807) is 7.11 Å². The fourth-order valence-electron chi connectivity index (χ4n) is 1.99. The van der Waals surface area contributed by atoms with E-state index in [1.807, 2.05) is 12.1 Å². The van der Waals surface area contributed by atoms with Crippen molar-refractivity contribution in [3.8, 4) is 5.75 Å². The van der Waals surface area contributed by atoms with E-state index in [0.29, 0.717) is 13.2 Å². The topological polar surface area (TPSA) is 51.6 Å². The molecule has 0 bridgehead atoms. The van der Waals surface area contributed by atoms with Gasteiger partial charge in [0.2, 0.25) is 0 Å². The number of thiazole rings is 1. The molecular weight excluding hydrogens is 286 g/mol. The van der Waals surface area contributed by atoms with Gasteiger partial charge in [0.25, 0.3) is 0 Å². The van der Waals surface area contributed by atoms with Crippen LogP contribution in [-0.2, 0) is 30.8 Å². The summed E-state index contributed by atoms with van der Waals surface area (Å²) < 4.78 is 10.8. The lowest BCUT2D eigenvalue weighted by Crippen LogP contribution is -2.01. The summed E-state index contributed by atoms with van der Waals surface area (Å²) in [6, 6.07) is 8.16. The maximum absolute atomic E-state index is 9.29. The number of aliphatic hydroxyl groups excluding tert-OH is 1. The Morgan fingerprint density at radius 2 is 2.00 bits per heavy atom. The molecule has 2 aromatic rings. The van der Waals surface area contributed by atoms with Gasteiger partial charge in [-0.3, -0.25) is 0 Å². The van der Waals surface area contributed by atoms with Gasteiger partial charge in [-0.15, -0.1) is 11.3 Å². The van der Waals surface area contributed by atoms with Crippen LogP contribution < -0.4 is 4.74 Å². The Morgan fingerprint density at radius 3 is 2.62 bits per heavy atom. The molecule has 4 nitrogen and oxygen atoms in total. The predicted octanol–water partition coefficient (Wildman–Crippen LogP) is 2.97. The van der Waals surface area contributed by atoms with Gasteiger partial charge >= 0.3 is 0 Å². The highest BCUT2D eigenvalue weighted by Crippen LogP contribution is 2.20. The number of aliphatic hydroxyl groups is 1. The van der Waals surface area contributed by atoms with Gasteiger partial charge in [-0.25, -0.2) is 4.98 Å². The predicted molar refractivity (Wildman–Crippen MR) is 83.8 cm³/mol. The summed E-state index contributed by atoms with van der Waals surface area (Å²) in [5.41, 5.74) is 2.13. The molecular formula is C16H21NO3S. The van der Waals surface area contributed by atoms with E-state index >= 15 is 0 Å².